The average molecular weight is 498 g/mol. The number of nitrogens with zero attached hydrogens (tertiary/aromatic N) is 1. The molecule has 2 atom stereocenters. The topological polar surface area (TPSA) is 71.3 Å². The number of hydrogen-bond acceptors (Lipinski definition) is 5. The molecule has 7 heteroatoms. The molecule has 1 aliphatic carbocycles. The van der Waals surface area contributed by atoms with Crippen LogP contribution in [0.3, 0.4) is 0 Å². The van der Waals surface area contributed by atoms with E-state index in [0.717, 1.165) is 27.0 Å². The number of hydrogen-bond donors (Lipinski definition) is 1. The Morgan fingerprint density at radius 2 is 1.87 bits per heavy atom. The van der Waals surface area contributed by atoms with Crippen molar-refractivity contribution < 1.29 is 14.3 Å². The Balaban J connectivity index is 1.60. The molecule has 2 aromatic carbocycles. The van der Waals surface area contributed by atoms with E-state index in [4.69, 9.17) is 21.1 Å². The Bertz CT molecular complexity index is 1210. The van der Waals surface area contributed by atoms with Crippen LogP contribution in [-0.2, 0) is 4.79 Å². The van der Waals surface area contributed by atoms with Crippen LogP contribution in [-0.4, -0.2) is 12.6 Å². The van der Waals surface area contributed by atoms with Gasteiger partial charge in [0, 0.05) is 32.9 Å². The molecule has 0 spiro atoms. The van der Waals surface area contributed by atoms with Crippen molar-refractivity contribution >= 4 is 33.3 Å². The van der Waals surface area contributed by atoms with Crippen LogP contribution in [0.5, 0.6) is 11.5 Å². The third-order valence-corrected chi connectivity index (χ3v) is 7.03. The van der Waals surface area contributed by atoms with E-state index in [1.807, 2.05) is 43.3 Å². The van der Waals surface area contributed by atoms with Gasteiger partial charge in [0.1, 0.15) is 0 Å². The first-order chi connectivity index (χ1) is 15.0. The average Bonchev–Trinajstić information content (AvgIpc) is 3.19. The van der Waals surface area contributed by atoms with Gasteiger partial charge < -0.3 is 14.8 Å². The number of fused-ring (bicyclic) bond motifs is 1. The Morgan fingerprint density at radius 1 is 1.16 bits per heavy atom. The fraction of sp³-hybridized carbons (Fsp3) is 0.250. The highest BCUT2D eigenvalue weighted by Gasteiger charge is 2.40. The van der Waals surface area contributed by atoms with E-state index in [1.54, 1.807) is 0 Å². The summed E-state index contributed by atoms with van der Waals surface area (Å²) in [5.41, 5.74) is 4.75. The molecule has 0 bridgehead atoms. The van der Waals surface area contributed by atoms with Crippen LogP contribution in [0, 0.1) is 11.3 Å². The van der Waals surface area contributed by atoms with Crippen molar-refractivity contribution in [2.24, 2.45) is 0 Å². The largest absolute Gasteiger partial charge is 0.454 e. The minimum absolute atomic E-state index is 0.0449. The van der Waals surface area contributed by atoms with Crippen LogP contribution in [0.25, 0.3) is 0 Å². The first-order valence-corrected chi connectivity index (χ1v) is 11.1. The van der Waals surface area contributed by atoms with Crippen LogP contribution in [0.15, 0.2) is 63.4 Å². The molecule has 0 fully saturated rings. The quantitative estimate of drug-likeness (QED) is 0.575. The van der Waals surface area contributed by atoms with Gasteiger partial charge in [0.2, 0.25) is 6.79 Å². The minimum atomic E-state index is -0.455. The van der Waals surface area contributed by atoms with Crippen molar-refractivity contribution in [2.45, 2.75) is 31.6 Å². The first-order valence-electron chi connectivity index (χ1n) is 9.95. The van der Waals surface area contributed by atoms with Crippen molar-refractivity contribution in [1.82, 2.24) is 5.32 Å². The van der Waals surface area contributed by atoms with E-state index in [9.17, 15) is 10.1 Å². The second-order valence-corrected chi connectivity index (χ2v) is 9.20. The second kappa shape index (κ2) is 7.74. The van der Waals surface area contributed by atoms with Gasteiger partial charge in [0.05, 0.1) is 17.6 Å². The Morgan fingerprint density at radius 3 is 2.58 bits per heavy atom. The molecular formula is C24H18BrClN2O3. The maximum atomic E-state index is 13.4. The zero-order valence-electron chi connectivity index (χ0n) is 16.7. The molecule has 1 N–H and O–H groups in total. The van der Waals surface area contributed by atoms with Crippen LogP contribution < -0.4 is 14.8 Å². The fourth-order valence-corrected chi connectivity index (χ4v) is 5.30. The van der Waals surface area contributed by atoms with Crippen LogP contribution in [0.1, 0.15) is 42.7 Å². The molecule has 0 aromatic heterocycles. The van der Waals surface area contributed by atoms with E-state index in [2.05, 4.69) is 27.3 Å². The summed E-state index contributed by atoms with van der Waals surface area (Å²) in [4.78, 5) is 13.4. The molecule has 3 aliphatic rings. The summed E-state index contributed by atoms with van der Waals surface area (Å²) in [5, 5.41) is 14.0. The summed E-state index contributed by atoms with van der Waals surface area (Å²) in [5.74, 6) is 0.924. The molecule has 5 nitrogen and oxygen atoms in total. The summed E-state index contributed by atoms with van der Waals surface area (Å²) in [6.45, 7) is 2.04. The maximum Gasteiger partial charge on any atom is 0.231 e. The standard InChI is InChI=1S/C24H18BrClN2O3/c1-12-17(10-27)23(16-8-21-22(9-18(16)25)31-11-30-21)24-19(28-12)6-14(7-20(24)29)13-2-4-15(26)5-3-13/h2-5,8-9,14,23,28H,6-7,11H2,1H3/t14-,23-/m1/s1. The van der Waals surface area contributed by atoms with Gasteiger partial charge in [-0.05, 0) is 54.7 Å². The SMILES string of the molecule is CC1=C(C#N)[C@@H](c2cc3c(cc2Br)OCO3)C2=C(C[C@@H](c3ccc(Cl)cc3)CC2=O)N1. The molecule has 2 aliphatic heterocycles. The lowest BCUT2D eigenvalue weighted by atomic mass is 9.72. The number of nitriles is 1. The third-order valence-electron chi connectivity index (χ3n) is 6.09. The number of nitrogens with one attached hydrogen (secondary N) is 1. The van der Waals surface area contributed by atoms with Crippen LogP contribution in [0.4, 0.5) is 0 Å². The molecule has 5 rings (SSSR count). The Kier molecular flexibility index (Phi) is 5.04. The third kappa shape index (κ3) is 3.42. The number of carbonyl (C=O) groups is 1. The maximum absolute atomic E-state index is 13.4. The predicted octanol–water partition coefficient (Wildman–Crippen LogP) is 5.72. The van der Waals surface area contributed by atoms with Gasteiger partial charge >= 0.3 is 0 Å². The zero-order chi connectivity index (χ0) is 21.7. The fourth-order valence-electron chi connectivity index (χ4n) is 4.62. The van der Waals surface area contributed by atoms with Gasteiger partial charge in [0.25, 0.3) is 0 Å². The molecule has 0 saturated heterocycles. The number of carbonyl (C=O) groups excluding carboxylic acids is 1. The molecule has 0 unspecified atom stereocenters. The number of halogens is 2. The number of benzene rings is 2. The number of dihydropyridines is 1. The van der Waals surface area contributed by atoms with Crippen molar-refractivity contribution in [3.05, 3.63) is 79.6 Å². The molecule has 0 radical (unpaired) electrons. The summed E-state index contributed by atoms with van der Waals surface area (Å²) < 4.78 is 11.8. The lowest BCUT2D eigenvalue weighted by Gasteiger charge is -2.36. The predicted molar refractivity (Wildman–Crippen MR) is 120 cm³/mol. The summed E-state index contributed by atoms with van der Waals surface area (Å²) in [6.07, 6.45) is 1.08. The molecule has 2 heterocycles. The number of ether oxygens (including phenoxy) is 2. The van der Waals surface area contributed by atoms with Crippen LogP contribution >= 0.6 is 27.5 Å². The van der Waals surface area contributed by atoms with E-state index in [-0.39, 0.29) is 18.5 Å². The molecule has 31 heavy (non-hydrogen) atoms. The Hall–Kier alpha value is -2.75. The smallest absolute Gasteiger partial charge is 0.231 e. The van der Waals surface area contributed by atoms with Gasteiger partial charge in [0.15, 0.2) is 17.3 Å². The second-order valence-electron chi connectivity index (χ2n) is 7.91. The van der Waals surface area contributed by atoms with Gasteiger partial charge in [-0.3, -0.25) is 4.79 Å². The summed E-state index contributed by atoms with van der Waals surface area (Å²) >= 11 is 9.65. The van der Waals surface area contributed by atoms with E-state index < -0.39 is 5.92 Å². The number of allylic oxidation sites excluding steroid dienone is 4. The zero-order valence-corrected chi connectivity index (χ0v) is 19.0. The van der Waals surface area contributed by atoms with Crippen molar-refractivity contribution in [1.29, 1.82) is 5.26 Å². The number of Topliss-reactive ketones (excluding diaryl/α,β-unsaturated/α-hetero) is 1. The van der Waals surface area contributed by atoms with Gasteiger partial charge in [-0.25, -0.2) is 0 Å². The van der Waals surface area contributed by atoms with E-state index >= 15 is 0 Å². The lowest BCUT2D eigenvalue weighted by molar-refractivity contribution is -0.116. The molecule has 0 saturated carbocycles. The highest BCUT2D eigenvalue weighted by molar-refractivity contribution is 9.10. The van der Waals surface area contributed by atoms with Crippen LogP contribution in [0.2, 0.25) is 5.02 Å². The van der Waals surface area contributed by atoms with Gasteiger partial charge in [-0.15, -0.1) is 0 Å². The number of rotatable bonds is 2. The normalized spacial score (nSPS) is 22.2. The molecule has 2 aromatic rings. The lowest BCUT2D eigenvalue weighted by Crippen LogP contribution is -2.33. The van der Waals surface area contributed by atoms with Crippen molar-refractivity contribution in [3.63, 3.8) is 0 Å². The van der Waals surface area contributed by atoms with Crippen molar-refractivity contribution in [2.75, 3.05) is 6.79 Å². The molecule has 0 amide bonds. The van der Waals surface area contributed by atoms with E-state index in [1.165, 1.54) is 0 Å². The van der Waals surface area contributed by atoms with Crippen molar-refractivity contribution in [3.8, 4) is 17.6 Å². The van der Waals surface area contributed by atoms with Gasteiger partial charge in [-0.2, -0.15) is 5.26 Å². The highest BCUT2D eigenvalue weighted by Crippen LogP contribution is 2.49. The number of ketones is 1. The summed E-state index contributed by atoms with van der Waals surface area (Å²) in [7, 11) is 0. The summed E-state index contributed by atoms with van der Waals surface area (Å²) in [6, 6.07) is 13.7. The van der Waals surface area contributed by atoms with Gasteiger partial charge in [-0.1, -0.05) is 39.7 Å². The Labute approximate surface area is 193 Å². The molecular weight excluding hydrogens is 480 g/mol. The highest BCUT2D eigenvalue weighted by atomic mass is 79.9. The monoisotopic (exact) mass is 496 g/mol. The first kappa shape index (κ1) is 20.2. The van der Waals surface area contributed by atoms with E-state index in [0.29, 0.717) is 40.5 Å². The minimum Gasteiger partial charge on any atom is -0.454 e. The molecule has 156 valence electrons.